The van der Waals surface area contributed by atoms with Gasteiger partial charge in [0.25, 0.3) is 5.91 Å². The molecule has 2 bridgehead atoms. The minimum Gasteiger partial charge on any atom is -0.398 e. The minimum absolute atomic E-state index is 0.0412. The Bertz CT molecular complexity index is 534. The number of anilines is 1. The van der Waals surface area contributed by atoms with Crippen LogP contribution in [0.5, 0.6) is 0 Å². The molecule has 21 heavy (non-hydrogen) atoms. The molecule has 5 heteroatoms. The third-order valence-corrected chi connectivity index (χ3v) is 5.91. The van der Waals surface area contributed by atoms with Crippen LogP contribution in [-0.4, -0.2) is 36.5 Å². The van der Waals surface area contributed by atoms with E-state index in [4.69, 9.17) is 5.73 Å². The molecule has 2 fully saturated rings. The van der Waals surface area contributed by atoms with Crippen LogP contribution in [0.25, 0.3) is 0 Å². The Kier molecular flexibility index (Phi) is 4.22. The molecule has 2 unspecified atom stereocenters. The smallest absolute Gasteiger partial charge is 0.252 e. The molecule has 2 aliphatic rings. The van der Waals surface area contributed by atoms with Gasteiger partial charge in [-0.25, -0.2) is 0 Å². The summed E-state index contributed by atoms with van der Waals surface area (Å²) < 4.78 is 0.686. The van der Waals surface area contributed by atoms with Crippen molar-refractivity contribution in [1.29, 1.82) is 0 Å². The number of nitrogen functional groups attached to an aromatic ring is 1. The zero-order chi connectivity index (χ0) is 15.0. The highest BCUT2D eigenvalue weighted by molar-refractivity contribution is 9.10. The molecule has 2 saturated heterocycles. The van der Waals surface area contributed by atoms with Crippen molar-refractivity contribution in [3.63, 3.8) is 0 Å². The number of hydrogen-bond donors (Lipinski definition) is 2. The molecule has 2 aliphatic heterocycles. The van der Waals surface area contributed by atoms with Crippen LogP contribution in [0, 0.1) is 5.92 Å². The fourth-order valence-electron chi connectivity index (χ4n) is 3.75. The van der Waals surface area contributed by atoms with E-state index in [9.17, 15) is 4.79 Å². The number of hydrogen-bond acceptors (Lipinski definition) is 3. The summed E-state index contributed by atoms with van der Waals surface area (Å²) in [5.74, 6) is 0.558. The SMILES string of the molecule is CN1C2CCC1CC(CNC(=O)c1cccc(N)c1Br)C2. The van der Waals surface area contributed by atoms with E-state index in [-0.39, 0.29) is 5.91 Å². The van der Waals surface area contributed by atoms with Crippen LogP contribution in [0.2, 0.25) is 0 Å². The van der Waals surface area contributed by atoms with Crippen molar-refractivity contribution < 1.29 is 4.79 Å². The van der Waals surface area contributed by atoms with Crippen LogP contribution < -0.4 is 11.1 Å². The fraction of sp³-hybridized carbons (Fsp3) is 0.562. The van der Waals surface area contributed by atoms with E-state index in [2.05, 4.69) is 33.2 Å². The average Bonchev–Trinajstić information content (AvgIpc) is 2.70. The first-order valence-electron chi connectivity index (χ1n) is 7.60. The van der Waals surface area contributed by atoms with Gasteiger partial charge in [-0.1, -0.05) is 6.07 Å². The summed E-state index contributed by atoms with van der Waals surface area (Å²) in [7, 11) is 2.24. The number of halogens is 1. The Balaban J connectivity index is 1.58. The quantitative estimate of drug-likeness (QED) is 0.823. The van der Waals surface area contributed by atoms with Crippen molar-refractivity contribution in [3.8, 4) is 0 Å². The van der Waals surface area contributed by atoms with E-state index in [1.165, 1.54) is 25.7 Å². The van der Waals surface area contributed by atoms with Crippen LogP contribution in [0.15, 0.2) is 22.7 Å². The second-order valence-electron chi connectivity index (χ2n) is 6.31. The monoisotopic (exact) mass is 351 g/mol. The molecular formula is C16H22BrN3O. The van der Waals surface area contributed by atoms with E-state index in [1.807, 2.05) is 6.07 Å². The Hall–Kier alpha value is -1.07. The highest BCUT2D eigenvalue weighted by atomic mass is 79.9. The summed E-state index contributed by atoms with van der Waals surface area (Å²) in [6, 6.07) is 6.82. The predicted octanol–water partition coefficient (Wildman–Crippen LogP) is 2.63. The predicted molar refractivity (Wildman–Crippen MR) is 88.2 cm³/mol. The molecule has 114 valence electrons. The lowest BCUT2D eigenvalue weighted by Crippen LogP contribution is -2.43. The van der Waals surface area contributed by atoms with Gasteiger partial charge < -0.3 is 16.0 Å². The van der Waals surface area contributed by atoms with Crippen molar-refractivity contribution in [2.45, 2.75) is 37.8 Å². The van der Waals surface area contributed by atoms with Crippen LogP contribution in [-0.2, 0) is 0 Å². The number of benzene rings is 1. The number of piperidine rings is 1. The van der Waals surface area contributed by atoms with Crippen LogP contribution in [0.1, 0.15) is 36.0 Å². The number of fused-ring (bicyclic) bond motifs is 2. The van der Waals surface area contributed by atoms with Crippen LogP contribution >= 0.6 is 15.9 Å². The van der Waals surface area contributed by atoms with E-state index in [0.717, 1.165) is 6.54 Å². The molecule has 2 heterocycles. The maximum Gasteiger partial charge on any atom is 0.252 e. The molecular weight excluding hydrogens is 330 g/mol. The van der Waals surface area contributed by atoms with Crippen molar-refractivity contribution in [2.75, 3.05) is 19.3 Å². The molecule has 0 spiro atoms. The highest BCUT2D eigenvalue weighted by Crippen LogP contribution is 2.37. The summed E-state index contributed by atoms with van der Waals surface area (Å²) in [4.78, 5) is 14.8. The molecule has 2 atom stereocenters. The maximum atomic E-state index is 12.3. The molecule has 1 aromatic rings. The second-order valence-corrected chi connectivity index (χ2v) is 7.10. The average molecular weight is 352 g/mol. The largest absolute Gasteiger partial charge is 0.398 e. The Morgan fingerprint density at radius 3 is 2.71 bits per heavy atom. The molecule has 1 aromatic carbocycles. The number of nitrogens with one attached hydrogen (secondary N) is 1. The first-order chi connectivity index (χ1) is 10.1. The zero-order valence-corrected chi connectivity index (χ0v) is 13.9. The van der Waals surface area contributed by atoms with Crippen molar-refractivity contribution >= 4 is 27.5 Å². The van der Waals surface area contributed by atoms with Gasteiger partial charge in [0, 0.05) is 24.3 Å². The molecule has 1 amide bonds. The van der Waals surface area contributed by atoms with Gasteiger partial charge in [0.15, 0.2) is 0 Å². The van der Waals surface area contributed by atoms with Crippen molar-refractivity contribution in [1.82, 2.24) is 10.2 Å². The zero-order valence-electron chi connectivity index (χ0n) is 12.3. The summed E-state index contributed by atoms with van der Waals surface area (Å²) in [5.41, 5.74) is 7.04. The highest BCUT2D eigenvalue weighted by Gasteiger charge is 2.38. The van der Waals surface area contributed by atoms with Gasteiger partial charge in [0.05, 0.1) is 10.0 Å². The first-order valence-corrected chi connectivity index (χ1v) is 8.39. The van der Waals surface area contributed by atoms with E-state index >= 15 is 0 Å². The molecule has 3 N–H and O–H groups in total. The van der Waals surface area contributed by atoms with Gasteiger partial charge >= 0.3 is 0 Å². The molecule has 3 rings (SSSR count). The minimum atomic E-state index is -0.0412. The summed E-state index contributed by atoms with van der Waals surface area (Å²) in [5, 5.41) is 3.08. The second kappa shape index (κ2) is 5.97. The number of nitrogens with two attached hydrogens (primary N) is 1. The van der Waals surface area contributed by atoms with Crippen LogP contribution in [0.3, 0.4) is 0 Å². The molecule has 0 radical (unpaired) electrons. The van der Waals surface area contributed by atoms with Gasteiger partial charge in [0.1, 0.15) is 0 Å². The number of nitrogens with zero attached hydrogens (tertiary/aromatic N) is 1. The molecule has 4 nitrogen and oxygen atoms in total. The van der Waals surface area contributed by atoms with Crippen LogP contribution in [0.4, 0.5) is 5.69 Å². The topological polar surface area (TPSA) is 58.4 Å². The van der Waals surface area contributed by atoms with Gasteiger partial charge in [-0.2, -0.15) is 0 Å². The van der Waals surface area contributed by atoms with Crippen molar-refractivity contribution in [2.24, 2.45) is 5.92 Å². The number of rotatable bonds is 3. The van der Waals surface area contributed by atoms with Gasteiger partial charge in [-0.15, -0.1) is 0 Å². The van der Waals surface area contributed by atoms with E-state index in [1.54, 1.807) is 12.1 Å². The lowest BCUT2D eigenvalue weighted by atomic mass is 9.91. The molecule has 0 aliphatic carbocycles. The third kappa shape index (κ3) is 2.94. The normalized spacial score (nSPS) is 28.6. The van der Waals surface area contributed by atoms with E-state index < -0.39 is 0 Å². The standard InChI is InChI=1S/C16H22BrN3O/c1-20-11-5-6-12(20)8-10(7-11)9-19-16(21)13-3-2-4-14(18)15(13)17/h2-4,10-12H,5-9,18H2,1H3,(H,19,21). The fourth-order valence-corrected chi connectivity index (χ4v) is 4.19. The van der Waals surface area contributed by atoms with Crippen molar-refractivity contribution in [3.05, 3.63) is 28.2 Å². The lowest BCUT2D eigenvalue weighted by molar-refractivity contribution is 0.0917. The number of carbonyl (C=O) groups excluding carboxylic acids is 1. The lowest BCUT2D eigenvalue weighted by Gasteiger charge is -2.36. The van der Waals surface area contributed by atoms with Gasteiger partial charge in [0.2, 0.25) is 0 Å². The molecule has 0 saturated carbocycles. The Labute approximate surface area is 134 Å². The Morgan fingerprint density at radius 2 is 2.05 bits per heavy atom. The van der Waals surface area contributed by atoms with Gasteiger partial charge in [-0.05, 0) is 66.7 Å². The summed E-state index contributed by atoms with van der Waals surface area (Å²) >= 11 is 3.39. The third-order valence-electron chi connectivity index (χ3n) is 5.02. The van der Waals surface area contributed by atoms with Gasteiger partial charge in [-0.3, -0.25) is 4.79 Å². The maximum absolute atomic E-state index is 12.3. The number of carbonyl (C=O) groups is 1. The Morgan fingerprint density at radius 1 is 1.38 bits per heavy atom. The number of amides is 1. The summed E-state index contributed by atoms with van der Waals surface area (Å²) in [6.45, 7) is 0.765. The summed E-state index contributed by atoms with van der Waals surface area (Å²) in [6.07, 6.45) is 5.02. The first kappa shape index (κ1) is 14.9. The molecule has 0 aromatic heterocycles. The van der Waals surface area contributed by atoms with E-state index in [0.29, 0.717) is 33.7 Å².